The van der Waals surface area contributed by atoms with Crippen LogP contribution in [-0.2, 0) is 21.7 Å². The van der Waals surface area contributed by atoms with E-state index < -0.39 is 0 Å². The molecule has 1 N–H and O–H groups in total. The molecule has 0 fully saturated rings. The summed E-state index contributed by atoms with van der Waals surface area (Å²) in [5.41, 5.74) is 0. The molecule has 0 aliphatic heterocycles. The van der Waals surface area contributed by atoms with Crippen molar-refractivity contribution in [3.05, 3.63) is 0 Å². The van der Waals surface area contributed by atoms with Crippen LogP contribution in [0, 0.1) is 0 Å². The van der Waals surface area contributed by atoms with Gasteiger partial charge in [0.15, 0.2) is 0 Å². The van der Waals surface area contributed by atoms with Gasteiger partial charge in [0.2, 0.25) is 0 Å². The SMILES string of the molecule is CCCCCCCCCCCCCCO.[Ti]. The molecule has 0 rings (SSSR count). The van der Waals surface area contributed by atoms with E-state index in [9.17, 15) is 0 Å². The van der Waals surface area contributed by atoms with Gasteiger partial charge in [0.05, 0.1) is 0 Å². The summed E-state index contributed by atoms with van der Waals surface area (Å²) >= 11 is 0. The van der Waals surface area contributed by atoms with E-state index in [1.54, 1.807) is 0 Å². The van der Waals surface area contributed by atoms with Gasteiger partial charge in [-0.2, -0.15) is 0 Å². The van der Waals surface area contributed by atoms with Gasteiger partial charge in [-0.05, 0) is 6.42 Å². The van der Waals surface area contributed by atoms with Crippen LogP contribution in [0.3, 0.4) is 0 Å². The largest absolute Gasteiger partial charge is 0.396 e. The van der Waals surface area contributed by atoms with Crippen LogP contribution >= 0.6 is 0 Å². The first-order valence-corrected chi connectivity index (χ1v) is 7.02. The minimum atomic E-state index is 0. The van der Waals surface area contributed by atoms with Gasteiger partial charge in [-0.1, -0.05) is 77.6 Å². The Morgan fingerprint density at radius 1 is 0.562 bits per heavy atom. The molecule has 0 aromatic heterocycles. The third-order valence-corrected chi connectivity index (χ3v) is 3.01. The van der Waals surface area contributed by atoms with Gasteiger partial charge in [0.25, 0.3) is 0 Å². The Morgan fingerprint density at radius 3 is 1.19 bits per heavy atom. The van der Waals surface area contributed by atoms with E-state index in [2.05, 4.69) is 6.92 Å². The zero-order valence-corrected chi connectivity index (χ0v) is 12.7. The molecule has 0 radical (unpaired) electrons. The Hall–Kier alpha value is 0.674. The van der Waals surface area contributed by atoms with E-state index in [1.807, 2.05) is 0 Å². The second-order valence-electron chi connectivity index (χ2n) is 4.61. The van der Waals surface area contributed by atoms with E-state index in [0.717, 1.165) is 6.42 Å². The zero-order valence-electron chi connectivity index (χ0n) is 11.1. The molecule has 0 aliphatic rings. The summed E-state index contributed by atoms with van der Waals surface area (Å²) < 4.78 is 0. The molecule has 0 saturated heterocycles. The molecule has 0 amide bonds. The monoisotopic (exact) mass is 262 g/mol. The molecule has 16 heavy (non-hydrogen) atoms. The molecule has 0 heterocycles. The van der Waals surface area contributed by atoms with Gasteiger partial charge in [-0.3, -0.25) is 0 Å². The van der Waals surface area contributed by atoms with E-state index in [-0.39, 0.29) is 21.7 Å². The van der Waals surface area contributed by atoms with E-state index in [0.29, 0.717) is 6.61 Å². The van der Waals surface area contributed by atoms with Gasteiger partial charge in [-0.15, -0.1) is 0 Å². The molecule has 0 unspecified atom stereocenters. The number of rotatable bonds is 12. The average molecular weight is 262 g/mol. The van der Waals surface area contributed by atoms with Crippen molar-refractivity contribution in [2.75, 3.05) is 6.61 Å². The van der Waals surface area contributed by atoms with E-state index in [4.69, 9.17) is 5.11 Å². The fourth-order valence-corrected chi connectivity index (χ4v) is 1.95. The van der Waals surface area contributed by atoms with Crippen molar-refractivity contribution in [2.45, 2.75) is 84.0 Å². The first kappa shape index (κ1) is 19.0. The van der Waals surface area contributed by atoms with Crippen molar-refractivity contribution < 1.29 is 26.8 Å². The van der Waals surface area contributed by atoms with Crippen molar-refractivity contribution >= 4 is 0 Å². The molecule has 0 bridgehead atoms. The van der Waals surface area contributed by atoms with Crippen LogP contribution < -0.4 is 0 Å². The average Bonchev–Trinajstić information content (AvgIpc) is 2.26. The molecule has 0 spiro atoms. The third kappa shape index (κ3) is 17.1. The fourth-order valence-electron chi connectivity index (χ4n) is 1.95. The number of aliphatic hydroxyl groups is 1. The smallest absolute Gasteiger partial charge is 0.0431 e. The minimum Gasteiger partial charge on any atom is -0.396 e. The molecule has 0 aromatic rings. The minimum absolute atomic E-state index is 0. The first-order valence-electron chi connectivity index (χ1n) is 7.02. The van der Waals surface area contributed by atoms with Crippen LogP contribution in [0.1, 0.15) is 84.0 Å². The summed E-state index contributed by atoms with van der Waals surface area (Å²) in [4.78, 5) is 0. The fraction of sp³-hybridized carbons (Fsp3) is 1.00. The van der Waals surface area contributed by atoms with Crippen LogP contribution in [0.4, 0.5) is 0 Å². The van der Waals surface area contributed by atoms with Crippen molar-refractivity contribution in [1.29, 1.82) is 0 Å². The third-order valence-electron chi connectivity index (χ3n) is 3.01. The predicted octanol–water partition coefficient (Wildman–Crippen LogP) is 4.68. The normalized spacial score (nSPS) is 10.1. The summed E-state index contributed by atoms with van der Waals surface area (Å²) in [5.74, 6) is 0. The zero-order chi connectivity index (χ0) is 11.2. The molecular formula is C14H30OTi. The molecular weight excluding hydrogens is 232 g/mol. The molecule has 0 aromatic carbocycles. The summed E-state index contributed by atoms with van der Waals surface area (Å²) in [7, 11) is 0. The number of hydrogen-bond acceptors (Lipinski definition) is 1. The summed E-state index contributed by atoms with van der Waals surface area (Å²) in [6.07, 6.45) is 16.2. The van der Waals surface area contributed by atoms with Crippen molar-refractivity contribution in [3.63, 3.8) is 0 Å². The van der Waals surface area contributed by atoms with Crippen molar-refractivity contribution in [3.8, 4) is 0 Å². The molecule has 96 valence electrons. The maximum atomic E-state index is 8.61. The summed E-state index contributed by atoms with van der Waals surface area (Å²) in [6, 6.07) is 0. The van der Waals surface area contributed by atoms with Crippen LogP contribution in [0.25, 0.3) is 0 Å². The van der Waals surface area contributed by atoms with Gasteiger partial charge >= 0.3 is 0 Å². The maximum Gasteiger partial charge on any atom is 0.0431 e. The van der Waals surface area contributed by atoms with Crippen LogP contribution in [0.15, 0.2) is 0 Å². The molecule has 2 heteroatoms. The maximum absolute atomic E-state index is 8.61. The van der Waals surface area contributed by atoms with Crippen molar-refractivity contribution in [2.24, 2.45) is 0 Å². The number of hydrogen-bond donors (Lipinski definition) is 1. The Labute approximate surface area is 117 Å². The molecule has 0 saturated carbocycles. The Morgan fingerprint density at radius 2 is 0.875 bits per heavy atom. The molecule has 0 aliphatic carbocycles. The van der Waals surface area contributed by atoms with Gasteiger partial charge < -0.3 is 5.11 Å². The second kappa shape index (κ2) is 18.1. The van der Waals surface area contributed by atoms with E-state index >= 15 is 0 Å². The number of aliphatic hydroxyl groups excluding tert-OH is 1. The Kier molecular flexibility index (Phi) is 21.5. The number of unbranched alkanes of at least 4 members (excludes halogenated alkanes) is 11. The second-order valence-corrected chi connectivity index (χ2v) is 4.61. The van der Waals surface area contributed by atoms with Crippen molar-refractivity contribution in [1.82, 2.24) is 0 Å². The van der Waals surface area contributed by atoms with Gasteiger partial charge in [0, 0.05) is 28.3 Å². The standard InChI is InChI=1S/C14H30O.Ti/c1-2-3-4-5-6-7-8-9-10-11-12-13-14-15;/h15H,2-14H2,1H3;. The molecule has 0 atom stereocenters. The van der Waals surface area contributed by atoms with Gasteiger partial charge in [0.1, 0.15) is 0 Å². The summed E-state index contributed by atoms with van der Waals surface area (Å²) in [5, 5.41) is 8.61. The Balaban J connectivity index is 0. The summed E-state index contributed by atoms with van der Waals surface area (Å²) in [6.45, 7) is 2.64. The molecule has 1 nitrogen and oxygen atoms in total. The Bertz CT molecular complexity index is 94.9. The van der Waals surface area contributed by atoms with Crippen LogP contribution in [0.2, 0.25) is 0 Å². The van der Waals surface area contributed by atoms with Crippen LogP contribution in [0.5, 0.6) is 0 Å². The quantitative estimate of drug-likeness (QED) is 0.400. The van der Waals surface area contributed by atoms with E-state index in [1.165, 1.54) is 70.6 Å². The van der Waals surface area contributed by atoms with Gasteiger partial charge in [-0.25, -0.2) is 0 Å². The van der Waals surface area contributed by atoms with Crippen LogP contribution in [-0.4, -0.2) is 11.7 Å². The predicted molar refractivity (Wildman–Crippen MR) is 68.2 cm³/mol. The first-order chi connectivity index (χ1) is 7.41. The topological polar surface area (TPSA) is 20.2 Å².